The van der Waals surface area contributed by atoms with E-state index in [4.69, 9.17) is 9.47 Å². The fourth-order valence-electron chi connectivity index (χ4n) is 2.52. The number of thioether (sulfide) groups is 1. The van der Waals surface area contributed by atoms with Gasteiger partial charge in [0.25, 0.3) is 0 Å². The van der Waals surface area contributed by atoms with Crippen molar-refractivity contribution < 1.29 is 14.3 Å². The molecule has 1 amide bonds. The number of ether oxygens (including phenoxy) is 2. The van der Waals surface area contributed by atoms with Crippen molar-refractivity contribution in [3.05, 3.63) is 46.7 Å². The summed E-state index contributed by atoms with van der Waals surface area (Å²) in [5, 5.41) is 17.2. The highest BCUT2D eigenvalue weighted by atomic mass is 32.2. The van der Waals surface area contributed by atoms with Crippen molar-refractivity contribution in [2.45, 2.75) is 17.8 Å². The third-order valence-corrected chi connectivity index (χ3v) is 5.63. The van der Waals surface area contributed by atoms with Gasteiger partial charge < -0.3 is 14.8 Å². The molecule has 0 spiro atoms. The number of hydrogen-bond donors (Lipinski definition) is 1. The van der Waals surface area contributed by atoms with Crippen molar-refractivity contribution in [3.8, 4) is 11.5 Å². The molecule has 0 saturated carbocycles. The summed E-state index contributed by atoms with van der Waals surface area (Å²) in [5.41, 5.74) is 0. The molecule has 0 bridgehead atoms. The maximum absolute atomic E-state index is 12.2. The Labute approximate surface area is 163 Å². The van der Waals surface area contributed by atoms with Gasteiger partial charge in [0.05, 0.1) is 18.8 Å². The van der Waals surface area contributed by atoms with Gasteiger partial charge in [-0.1, -0.05) is 30.0 Å². The average molecular weight is 403 g/mol. The lowest BCUT2D eigenvalue weighted by atomic mass is 10.2. The van der Waals surface area contributed by atoms with Crippen molar-refractivity contribution in [2.75, 3.05) is 18.9 Å². The number of thiophene rings is 1. The SMILES string of the molecule is O=C(CSc1nnnn1Cc1cccs1)NC[C@H]1COc2ccccc2O1. The normalized spacial score (nSPS) is 15.5. The summed E-state index contributed by atoms with van der Waals surface area (Å²) in [6.45, 7) is 1.39. The maximum atomic E-state index is 12.2. The highest BCUT2D eigenvalue weighted by Gasteiger charge is 2.21. The average Bonchev–Trinajstić information content (AvgIpc) is 3.37. The van der Waals surface area contributed by atoms with E-state index >= 15 is 0 Å². The highest BCUT2D eigenvalue weighted by molar-refractivity contribution is 7.99. The summed E-state index contributed by atoms with van der Waals surface area (Å²) in [6.07, 6.45) is -0.210. The molecule has 1 atom stereocenters. The molecule has 10 heteroatoms. The number of nitrogens with one attached hydrogen (secondary N) is 1. The van der Waals surface area contributed by atoms with Crippen molar-refractivity contribution in [1.29, 1.82) is 0 Å². The number of para-hydroxylation sites is 2. The van der Waals surface area contributed by atoms with Crippen LogP contribution in [0, 0.1) is 0 Å². The van der Waals surface area contributed by atoms with Crippen molar-refractivity contribution in [1.82, 2.24) is 25.5 Å². The van der Waals surface area contributed by atoms with Crippen LogP contribution in [0.5, 0.6) is 11.5 Å². The van der Waals surface area contributed by atoms with E-state index in [2.05, 4.69) is 20.8 Å². The second-order valence-corrected chi connectivity index (χ2v) is 7.76. The first-order chi connectivity index (χ1) is 13.3. The molecule has 140 valence electrons. The van der Waals surface area contributed by atoms with Crippen LogP contribution in [-0.4, -0.2) is 51.1 Å². The second-order valence-electron chi connectivity index (χ2n) is 5.79. The third kappa shape index (κ3) is 4.58. The number of tetrazole rings is 1. The van der Waals surface area contributed by atoms with Gasteiger partial charge in [-0.3, -0.25) is 4.79 Å². The van der Waals surface area contributed by atoms with Crippen LogP contribution in [-0.2, 0) is 11.3 Å². The van der Waals surface area contributed by atoms with Crippen molar-refractivity contribution in [2.24, 2.45) is 0 Å². The van der Waals surface area contributed by atoms with Gasteiger partial charge in [0.2, 0.25) is 11.1 Å². The minimum Gasteiger partial charge on any atom is -0.486 e. The smallest absolute Gasteiger partial charge is 0.230 e. The van der Waals surface area contributed by atoms with Gasteiger partial charge in [0.1, 0.15) is 12.7 Å². The zero-order valence-electron chi connectivity index (χ0n) is 14.3. The van der Waals surface area contributed by atoms with Gasteiger partial charge in [-0.15, -0.1) is 16.4 Å². The number of fused-ring (bicyclic) bond motifs is 1. The lowest BCUT2D eigenvalue weighted by molar-refractivity contribution is -0.119. The standard InChI is InChI=1S/C17H17N5O3S2/c23-16(18-8-12-10-24-14-5-1-2-6-15(14)25-12)11-27-17-19-20-21-22(17)9-13-4-3-7-26-13/h1-7,12H,8-11H2,(H,18,23)/t12-/m0/s1. The number of carbonyl (C=O) groups is 1. The Morgan fingerprint density at radius 2 is 2.19 bits per heavy atom. The van der Waals surface area contributed by atoms with Gasteiger partial charge in [0, 0.05) is 4.88 Å². The Hall–Kier alpha value is -2.59. The minimum absolute atomic E-state index is 0.104. The predicted octanol–water partition coefficient (Wildman–Crippen LogP) is 1.83. The molecule has 27 heavy (non-hydrogen) atoms. The summed E-state index contributed by atoms with van der Waals surface area (Å²) in [5.74, 6) is 1.56. The number of hydrogen-bond acceptors (Lipinski definition) is 8. The molecule has 3 heterocycles. The Bertz CT molecular complexity index is 900. The number of aromatic nitrogens is 4. The van der Waals surface area contributed by atoms with E-state index in [1.165, 1.54) is 11.8 Å². The van der Waals surface area contributed by atoms with Crippen LogP contribution in [0.25, 0.3) is 0 Å². The zero-order chi connectivity index (χ0) is 18.5. The molecule has 1 aliphatic rings. The Morgan fingerprint density at radius 1 is 1.30 bits per heavy atom. The molecule has 0 saturated heterocycles. The van der Waals surface area contributed by atoms with Gasteiger partial charge in [-0.2, -0.15) is 0 Å². The summed E-state index contributed by atoms with van der Waals surface area (Å²) < 4.78 is 13.2. The number of rotatable bonds is 7. The van der Waals surface area contributed by atoms with Gasteiger partial charge in [0.15, 0.2) is 11.5 Å². The van der Waals surface area contributed by atoms with Crippen LogP contribution in [0.3, 0.4) is 0 Å². The number of benzene rings is 1. The molecular formula is C17H17N5O3S2. The molecule has 0 unspecified atom stereocenters. The van der Waals surface area contributed by atoms with E-state index in [1.807, 2.05) is 41.8 Å². The van der Waals surface area contributed by atoms with E-state index in [0.29, 0.717) is 30.6 Å². The van der Waals surface area contributed by atoms with Crippen LogP contribution < -0.4 is 14.8 Å². The first-order valence-corrected chi connectivity index (χ1v) is 10.2. The third-order valence-electron chi connectivity index (χ3n) is 3.81. The Kier molecular flexibility index (Phi) is 5.54. The van der Waals surface area contributed by atoms with Gasteiger partial charge in [-0.25, -0.2) is 4.68 Å². The van der Waals surface area contributed by atoms with Crippen LogP contribution >= 0.6 is 23.1 Å². The molecular weight excluding hydrogens is 386 g/mol. The second kappa shape index (κ2) is 8.40. The molecule has 1 N–H and O–H groups in total. The van der Waals surface area contributed by atoms with E-state index < -0.39 is 0 Å². The fraction of sp³-hybridized carbons (Fsp3) is 0.294. The molecule has 1 aromatic carbocycles. The first kappa shape index (κ1) is 17.8. The zero-order valence-corrected chi connectivity index (χ0v) is 15.9. The molecule has 0 aliphatic carbocycles. The lowest BCUT2D eigenvalue weighted by Crippen LogP contribution is -2.41. The number of carbonyl (C=O) groups excluding carboxylic acids is 1. The molecule has 0 fully saturated rings. The monoisotopic (exact) mass is 403 g/mol. The van der Waals surface area contributed by atoms with E-state index in [0.717, 1.165) is 10.6 Å². The number of nitrogens with zero attached hydrogens (tertiary/aromatic N) is 4. The quantitative estimate of drug-likeness (QED) is 0.602. The Morgan fingerprint density at radius 3 is 3.04 bits per heavy atom. The topological polar surface area (TPSA) is 91.2 Å². The fourth-order valence-corrected chi connectivity index (χ4v) is 3.91. The van der Waals surface area contributed by atoms with Gasteiger partial charge in [-0.05, 0) is 34.0 Å². The van der Waals surface area contributed by atoms with Crippen molar-refractivity contribution >= 4 is 29.0 Å². The minimum atomic E-state index is -0.210. The molecule has 3 aromatic rings. The molecule has 1 aliphatic heterocycles. The Balaban J connectivity index is 1.23. The van der Waals surface area contributed by atoms with Crippen molar-refractivity contribution in [3.63, 3.8) is 0 Å². The van der Waals surface area contributed by atoms with Crippen LogP contribution in [0.1, 0.15) is 4.88 Å². The summed E-state index contributed by atoms with van der Waals surface area (Å²) in [6, 6.07) is 11.5. The van der Waals surface area contributed by atoms with Crippen LogP contribution in [0.15, 0.2) is 46.9 Å². The maximum Gasteiger partial charge on any atom is 0.230 e. The molecule has 2 aromatic heterocycles. The summed E-state index contributed by atoms with van der Waals surface area (Å²) in [4.78, 5) is 13.3. The lowest BCUT2D eigenvalue weighted by Gasteiger charge is -2.26. The van der Waals surface area contributed by atoms with E-state index in [-0.39, 0.29) is 17.8 Å². The highest BCUT2D eigenvalue weighted by Crippen LogP contribution is 2.30. The first-order valence-electron chi connectivity index (χ1n) is 8.34. The summed E-state index contributed by atoms with van der Waals surface area (Å²) >= 11 is 2.95. The molecule has 8 nitrogen and oxygen atoms in total. The largest absolute Gasteiger partial charge is 0.486 e. The molecule has 4 rings (SSSR count). The summed E-state index contributed by atoms with van der Waals surface area (Å²) in [7, 11) is 0. The number of amides is 1. The van der Waals surface area contributed by atoms with Crippen LogP contribution in [0.4, 0.5) is 0 Å². The van der Waals surface area contributed by atoms with Gasteiger partial charge >= 0.3 is 0 Å². The van der Waals surface area contributed by atoms with Crippen LogP contribution in [0.2, 0.25) is 0 Å². The van der Waals surface area contributed by atoms with E-state index in [1.54, 1.807) is 16.0 Å². The van der Waals surface area contributed by atoms with E-state index in [9.17, 15) is 4.79 Å². The predicted molar refractivity (Wildman–Crippen MR) is 101 cm³/mol. The molecule has 0 radical (unpaired) electrons.